The second kappa shape index (κ2) is 4.43. The molecule has 2 nitrogen and oxygen atoms in total. The summed E-state index contributed by atoms with van der Waals surface area (Å²) in [4.78, 5) is 14.0. The minimum Gasteiger partial charge on any atom is -0.274 e. The summed E-state index contributed by atoms with van der Waals surface area (Å²) in [5, 5.41) is -1.20. The molecule has 0 fully saturated rings. The highest BCUT2D eigenvalue weighted by Crippen LogP contribution is 2.28. The van der Waals surface area contributed by atoms with Crippen LogP contribution in [0.4, 0.5) is 13.2 Å². The standard InChI is InChI=1S/C7H2ClF3INO/c8-6(14)5-3(7(10)11)4(9)2(12)1-13-5/h1,7H. The minimum atomic E-state index is -3.12. The topological polar surface area (TPSA) is 30.0 Å². The largest absolute Gasteiger partial charge is 0.274 e. The van der Waals surface area contributed by atoms with Gasteiger partial charge in [-0.05, 0) is 34.2 Å². The van der Waals surface area contributed by atoms with Crippen molar-refractivity contribution < 1.29 is 18.0 Å². The Kier molecular flexibility index (Phi) is 3.71. The number of carbonyl (C=O) groups is 1. The molecule has 0 radical (unpaired) electrons. The maximum Gasteiger partial charge on any atom is 0.271 e. The molecule has 0 aliphatic carbocycles. The Morgan fingerprint density at radius 1 is 1.57 bits per heavy atom. The molecule has 0 atom stereocenters. The molecule has 0 saturated heterocycles. The molecule has 0 aromatic carbocycles. The van der Waals surface area contributed by atoms with Gasteiger partial charge in [0.1, 0.15) is 11.5 Å². The number of alkyl halides is 2. The van der Waals surface area contributed by atoms with Crippen LogP contribution in [-0.4, -0.2) is 10.2 Å². The second-order valence-corrected chi connectivity index (χ2v) is 3.76. The van der Waals surface area contributed by atoms with E-state index in [1.54, 1.807) is 0 Å². The Hall–Kier alpha value is -0.370. The molecule has 0 aliphatic rings. The van der Waals surface area contributed by atoms with Gasteiger partial charge in [0.2, 0.25) is 0 Å². The summed E-state index contributed by atoms with van der Waals surface area (Å²) in [6.07, 6.45) is -2.15. The van der Waals surface area contributed by atoms with E-state index in [0.717, 1.165) is 6.20 Å². The van der Waals surface area contributed by atoms with Gasteiger partial charge in [-0.25, -0.2) is 18.2 Å². The molecule has 0 aliphatic heterocycles. The minimum absolute atomic E-state index is 0.0837. The number of hydrogen-bond donors (Lipinski definition) is 0. The number of nitrogens with zero attached hydrogens (tertiary/aromatic N) is 1. The highest BCUT2D eigenvalue weighted by Gasteiger charge is 2.24. The smallest absolute Gasteiger partial charge is 0.271 e. The van der Waals surface area contributed by atoms with Gasteiger partial charge in [0.15, 0.2) is 0 Å². The van der Waals surface area contributed by atoms with Crippen LogP contribution in [0.3, 0.4) is 0 Å². The van der Waals surface area contributed by atoms with E-state index in [4.69, 9.17) is 11.6 Å². The monoisotopic (exact) mass is 335 g/mol. The van der Waals surface area contributed by atoms with Crippen LogP contribution in [0.2, 0.25) is 0 Å². The lowest BCUT2D eigenvalue weighted by Crippen LogP contribution is -2.06. The van der Waals surface area contributed by atoms with E-state index in [2.05, 4.69) is 4.98 Å². The molecule has 1 aromatic heterocycles. The Bertz CT molecular complexity index is 385. The Balaban J connectivity index is 3.45. The van der Waals surface area contributed by atoms with Crippen LogP contribution in [-0.2, 0) is 0 Å². The Morgan fingerprint density at radius 2 is 2.14 bits per heavy atom. The number of halogens is 5. The van der Waals surface area contributed by atoms with Crippen molar-refractivity contribution in [3.05, 3.63) is 26.8 Å². The van der Waals surface area contributed by atoms with E-state index < -0.39 is 28.7 Å². The van der Waals surface area contributed by atoms with E-state index in [0.29, 0.717) is 0 Å². The van der Waals surface area contributed by atoms with Crippen molar-refractivity contribution in [2.75, 3.05) is 0 Å². The fourth-order valence-corrected chi connectivity index (χ4v) is 1.42. The van der Waals surface area contributed by atoms with Crippen LogP contribution < -0.4 is 0 Å². The maximum atomic E-state index is 13.1. The second-order valence-electron chi connectivity index (χ2n) is 2.26. The maximum absolute atomic E-state index is 13.1. The van der Waals surface area contributed by atoms with Crippen LogP contribution in [0.1, 0.15) is 22.5 Å². The molecule has 7 heteroatoms. The van der Waals surface area contributed by atoms with Crippen molar-refractivity contribution in [1.29, 1.82) is 0 Å². The van der Waals surface area contributed by atoms with Gasteiger partial charge < -0.3 is 0 Å². The third kappa shape index (κ3) is 2.17. The van der Waals surface area contributed by atoms with Crippen LogP contribution in [0, 0.1) is 9.39 Å². The lowest BCUT2D eigenvalue weighted by Gasteiger charge is -2.06. The Labute approximate surface area is 95.6 Å². The number of carbonyl (C=O) groups excluding carboxylic acids is 1. The van der Waals surface area contributed by atoms with E-state index in [-0.39, 0.29) is 3.57 Å². The van der Waals surface area contributed by atoms with Crippen LogP contribution in [0.5, 0.6) is 0 Å². The first-order valence-electron chi connectivity index (χ1n) is 3.27. The van der Waals surface area contributed by atoms with Gasteiger partial charge in [-0.3, -0.25) is 4.79 Å². The summed E-state index contributed by atoms with van der Waals surface area (Å²) < 4.78 is 37.7. The van der Waals surface area contributed by atoms with Crippen LogP contribution >= 0.6 is 34.2 Å². The van der Waals surface area contributed by atoms with Gasteiger partial charge in [0.25, 0.3) is 11.7 Å². The molecular weight excluding hydrogens is 333 g/mol. The molecule has 1 heterocycles. The SMILES string of the molecule is O=C(Cl)c1ncc(I)c(F)c1C(F)F. The fourth-order valence-electron chi connectivity index (χ4n) is 0.836. The predicted octanol–water partition coefficient (Wildman–Crippen LogP) is 3.14. The Morgan fingerprint density at radius 3 is 2.57 bits per heavy atom. The van der Waals surface area contributed by atoms with Crippen molar-refractivity contribution in [2.24, 2.45) is 0 Å². The van der Waals surface area contributed by atoms with Crippen LogP contribution in [0.25, 0.3) is 0 Å². The molecule has 0 bridgehead atoms. The molecule has 0 spiro atoms. The molecule has 1 rings (SSSR count). The molecule has 0 saturated carbocycles. The summed E-state index contributed by atoms with van der Waals surface area (Å²) in [6, 6.07) is 0. The van der Waals surface area contributed by atoms with Crippen molar-refractivity contribution in [2.45, 2.75) is 6.43 Å². The van der Waals surface area contributed by atoms with Gasteiger partial charge in [-0.15, -0.1) is 0 Å². The molecule has 0 amide bonds. The lowest BCUT2D eigenvalue weighted by molar-refractivity contribution is 0.105. The summed E-state index contributed by atoms with van der Waals surface area (Å²) in [5.74, 6) is -1.15. The van der Waals surface area contributed by atoms with Gasteiger partial charge in [-0.2, -0.15) is 0 Å². The van der Waals surface area contributed by atoms with Crippen LogP contribution in [0.15, 0.2) is 6.20 Å². The molecule has 1 aromatic rings. The van der Waals surface area contributed by atoms with Crippen molar-refractivity contribution in [1.82, 2.24) is 4.98 Å². The quantitative estimate of drug-likeness (QED) is 0.614. The first-order valence-corrected chi connectivity index (χ1v) is 4.72. The third-order valence-electron chi connectivity index (χ3n) is 1.41. The van der Waals surface area contributed by atoms with Crippen molar-refractivity contribution >= 4 is 39.4 Å². The van der Waals surface area contributed by atoms with Crippen molar-refractivity contribution in [3.8, 4) is 0 Å². The molecule has 76 valence electrons. The normalized spacial score (nSPS) is 10.7. The van der Waals surface area contributed by atoms with Gasteiger partial charge >= 0.3 is 0 Å². The lowest BCUT2D eigenvalue weighted by atomic mass is 10.2. The zero-order valence-electron chi connectivity index (χ0n) is 6.40. The summed E-state index contributed by atoms with van der Waals surface area (Å²) in [7, 11) is 0. The molecular formula is C7H2ClF3INO. The fraction of sp³-hybridized carbons (Fsp3) is 0.143. The molecule has 14 heavy (non-hydrogen) atoms. The highest BCUT2D eigenvalue weighted by molar-refractivity contribution is 14.1. The number of hydrogen-bond acceptors (Lipinski definition) is 2. The molecule has 0 N–H and O–H groups in total. The highest BCUT2D eigenvalue weighted by atomic mass is 127. The summed E-state index contributed by atoms with van der Waals surface area (Å²) in [6.45, 7) is 0. The van der Waals surface area contributed by atoms with E-state index in [9.17, 15) is 18.0 Å². The first kappa shape index (κ1) is 11.7. The van der Waals surface area contributed by atoms with Gasteiger partial charge in [0.05, 0.1) is 9.13 Å². The summed E-state index contributed by atoms with van der Waals surface area (Å²) in [5.41, 5.74) is -1.78. The zero-order valence-corrected chi connectivity index (χ0v) is 9.31. The zero-order chi connectivity index (χ0) is 10.9. The average molecular weight is 335 g/mol. The average Bonchev–Trinajstić information content (AvgIpc) is 2.08. The number of rotatable bonds is 2. The van der Waals surface area contributed by atoms with Gasteiger partial charge in [0, 0.05) is 6.20 Å². The van der Waals surface area contributed by atoms with Crippen molar-refractivity contribution in [3.63, 3.8) is 0 Å². The third-order valence-corrected chi connectivity index (χ3v) is 2.34. The number of pyridine rings is 1. The van der Waals surface area contributed by atoms with E-state index in [1.807, 2.05) is 0 Å². The predicted molar refractivity (Wildman–Crippen MR) is 52.1 cm³/mol. The number of aromatic nitrogens is 1. The van der Waals surface area contributed by atoms with Gasteiger partial charge in [-0.1, -0.05) is 0 Å². The van der Waals surface area contributed by atoms with E-state index in [1.165, 1.54) is 22.6 Å². The van der Waals surface area contributed by atoms with E-state index >= 15 is 0 Å². The summed E-state index contributed by atoms with van der Waals surface area (Å²) >= 11 is 6.47. The first-order chi connectivity index (χ1) is 6.45. The molecule has 0 unspecified atom stereocenters.